The maximum Gasteiger partial charge on any atom is 0.270 e. The Hall–Kier alpha value is -4.93. The highest BCUT2D eigenvalue weighted by atomic mass is 16.1. The van der Waals surface area contributed by atoms with Crippen LogP contribution in [0, 0.1) is 13.8 Å². The van der Waals surface area contributed by atoms with E-state index < -0.39 is 0 Å². The number of hydrogen-bond acceptors (Lipinski definition) is 8. The molecule has 0 radical (unpaired) electrons. The van der Waals surface area contributed by atoms with Crippen LogP contribution in [0.5, 0.6) is 0 Å². The second-order valence-electron chi connectivity index (χ2n) is 7.87. The van der Waals surface area contributed by atoms with Gasteiger partial charge in [-0.15, -0.1) is 0 Å². The van der Waals surface area contributed by atoms with Crippen LogP contribution in [0.4, 0.5) is 11.6 Å². The third-order valence-electron chi connectivity index (χ3n) is 5.07. The number of nitrogens with one attached hydrogen (secondary N) is 3. The van der Waals surface area contributed by atoms with Crippen LogP contribution in [0.15, 0.2) is 67.3 Å². The average Bonchev–Trinajstić information content (AvgIpc) is 3.55. The average molecular weight is 467 g/mol. The molecule has 0 aromatic carbocycles. The Labute approximate surface area is 200 Å². The second kappa shape index (κ2) is 9.51. The molecule has 0 bridgehead atoms. The van der Waals surface area contributed by atoms with Crippen molar-refractivity contribution >= 4 is 17.5 Å². The van der Waals surface area contributed by atoms with Crippen LogP contribution in [0.3, 0.4) is 0 Å². The molecule has 0 aliphatic rings. The third-order valence-corrected chi connectivity index (χ3v) is 5.07. The number of aromatic amines is 1. The molecule has 0 aliphatic carbocycles. The molecule has 5 rings (SSSR count). The molecule has 0 atom stereocenters. The van der Waals surface area contributed by atoms with Crippen molar-refractivity contribution in [1.29, 1.82) is 0 Å². The van der Waals surface area contributed by atoms with Crippen molar-refractivity contribution in [3.63, 3.8) is 0 Å². The molecule has 0 saturated heterocycles. The number of aromatic nitrogens is 8. The van der Waals surface area contributed by atoms with E-state index in [2.05, 4.69) is 45.9 Å². The van der Waals surface area contributed by atoms with Crippen LogP contribution in [-0.2, 0) is 6.54 Å². The summed E-state index contributed by atoms with van der Waals surface area (Å²) in [5, 5.41) is 17.2. The first-order chi connectivity index (χ1) is 17.0. The fourth-order valence-corrected chi connectivity index (χ4v) is 3.37. The minimum Gasteiger partial charge on any atom is -0.347 e. The molecule has 0 fully saturated rings. The summed E-state index contributed by atoms with van der Waals surface area (Å²) >= 11 is 0. The maximum atomic E-state index is 12.6. The molecule has 1 amide bonds. The minimum atomic E-state index is -0.283. The van der Waals surface area contributed by atoms with Gasteiger partial charge in [0.25, 0.3) is 5.91 Å². The van der Waals surface area contributed by atoms with Gasteiger partial charge in [0.1, 0.15) is 11.5 Å². The highest BCUT2D eigenvalue weighted by Gasteiger charge is 2.11. The molecule has 174 valence electrons. The summed E-state index contributed by atoms with van der Waals surface area (Å²) in [5.41, 5.74) is 3.60. The summed E-state index contributed by atoms with van der Waals surface area (Å²) in [4.78, 5) is 30.3. The summed E-state index contributed by atoms with van der Waals surface area (Å²) in [5.74, 6) is 2.21. The Morgan fingerprint density at radius 1 is 1.03 bits per heavy atom. The first-order valence-electron chi connectivity index (χ1n) is 10.9. The molecule has 11 nitrogen and oxygen atoms in total. The summed E-state index contributed by atoms with van der Waals surface area (Å²) in [6.45, 7) is 4.14. The molecule has 5 aromatic heterocycles. The Bertz CT molecular complexity index is 1440. The van der Waals surface area contributed by atoms with Crippen molar-refractivity contribution in [2.24, 2.45) is 0 Å². The van der Waals surface area contributed by atoms with Gasteiger partial charge >= 0.3 is 0 Å². The number of anilines is 2. The smallest absolute Gasteiger partial charge is 0.270 e. The van der Waals surface area contributed by atoms with Gasteiger partial charge < -0.3 is 10.6 Å². The van der Waals surface area contributed by atoms with E-state index in [0.717, 1.165) is 17.0 Å². The fourth-order valence-electron chi connectivity index (χ4n) is 3.37. The van der Waals surface area contributed by atoms with E-state index in [9.17, 15) is 4.79 Å². The lowest BCUT2D eigenvalue weighted by Crippen LogP contribution is -2.23. The monoisotopic (exact) mass is 466 g/mol. The number of carbonyl (C=O) groups excluding carboxylic acids is 1. The second-order valence-corrected chi connectivity index (χ2v) is 7.87. The number of pyridine rings is 2. The van der Waals surface area contributed by atoms with E-state index in [1.807, 2.05) is 50.4 Å². The van der Waals surface area contributed by atoms with Gasteiger partial charge in [0.15, 0.2) is 17.5 Å². The summed E-state index contributed by atoms with van der Waals surface area (Å²) in [6, 6.07) is 12.7. The number of carbonyl (C=O) groups is 1. The van der Waals surface area contributed by atoms with Gasteiger partial charge in [-0.3, -0.25) is 14.9 Å². The van der Waals surface area contributed by atoms with Crippen molar-refractivity contribution in [2.75, 3.05) is 5.32 Å². The number of hydrogen-bond donors (Lipinski definition) is 3. The Morgan fingerprint density at radius 2 is 1.94 bits per heavy atom. The SMILES string of the molecule is Cc1cc(Nc2cc(C)[nH]n2)nc(-c2ccc(C(=O)NCc3ccc(-n4cccn4)nc3)nc2)n1. The van der Waals surface area contributed by atoms with Crippen LogP contribution in [-0.4, -0.2) is 45.8 Å². The number of rotatable bonds is 7. The molecule has 35 heavy (non-hydrogen) atoms. The number of amides is 1. The third kappa shape index (κ3) is 5.19. The normalized spacial score (nSPS) is 10.8. The van der Waals surface area contributed by atoms with Crippen molar-refractivity contribution in [2.45, 2.75) is 20.4 Å². The van der Waals surface area contributed by atoms with E-state index in [1.165, 1.54) is 0 Å². The van der Waals surface area contributed by atoms with Crippen LogP contribution in [0.2, 0.25) is 0 Å². The number of nitrogens with zero attached hydrogens (tertiary/aromatic N) is 7. The quantitative estimate of drug-likeness (QED) is 0.332. The molecule has 0 aliphatic heterocycles. The number of H-pyrrole nitrogens is 1. The lowest BCUT2D eigenvalue weighted by atomic mass is 10.2. The first-order valence-corrected chi connectivity index (χ1v) is 10.9. The van der Waals surface area contributed by atoms with Crippen molar-refractivity contribution < 1.29 is 4.79 Å². The summed E-state index contributed by atoms with van der Waals surface area (Å²) in [6.07, 6.45) is 6.81. The van der Waals surface area contributed by atoms with Gasteiger partial charge in [0.05, 0.1) is 0 Å². The molecule has 0 spiro atoms. The molecular weight excluding hydrogens is 444 g/mol. The summed E-state index contributed by atoms with van der Waals surface area (Å²) < 4.78 is 1.67. The van der Waals surface area contributed by atoms with E-state index in [0.29, 0.717) is 41.1 Å². The van der Waals surface area contributed by atoms with E-state index in [-0.39, 0.29) is 5.91 Å². The lowest BCUT2D eigenvalue weighted by molar-refractivity contribution is 0.0946. The van der Waals surface area contributed by atoms with Crippen molar-refractivity contribution in [3.8, 4) is 17.2 Å². The van der Waals surface area contributed by atoms with Gasteiger partial charge in [0, 0.05) is 60.4 Å². The Morgan fingerprint density at radius 3 is 2.63 bits per heavy atom. The van der Waals surface area contributed by atoms with Gasteiger partial charge in [-0.25, -0.2) is 19.6 Å². The van der Waals surface area contributed by atoms with Gasteiger partial charge in [0.2, 0.25) is 0 Å². The highest BCUT2D eigenvalue weighted by molar-refractivity contribution is 5.92. The van der Waals surface area contributed by atoms with Crippen molar-refractivity contribution in [3.05, 3.63) is 89.9 Å². The lowest BCUT2D eigenvalue weighted by Gasteiger charge is -2.08. The van der Waals surface area contributed by atoms with Gasteiger partial charge in [-0.05, 0) is 43.7 Å². The van der Waals surface area contributed by atoms with Crippen LogP contribution < -0.4 is 10.6 Å². The molecule has 5 heterocycles. The van der Waals surface area contributed by atoms with Gasteiger partial charge in [-0.1, -0.05) is 6.07 Å². The Kier molecular flexibility index (Phi) is 5.95. The molecule has 0 saturated carbocycles. The van der Waals surface area contributed by atoms with E-state index in [1.54, 1.807) is 35.4 Å². The van der Waals surface area contributed by atoms with Crippen LogP contribution >= 0.6 is 0 Å². The molecule has 3 N–H and O–H groups in total. The standard InChI is InChI=1S/C24H22N10O/c1-15-10-20(30-21-11-16(2)32-33-21)31-23(29-15)18-5-6-19(25-14-18)24(35)27-13-17-4-7-22(26-12-17)34-9-3-8-28-34/h3-12,14H,13H2,1-2H3,(H,27,35)(H2,29,30,31,32,33). The minimum absolute atomic E-state index is 0.283. The molecule has 0 unspecified atom stereocenters. The fraction of sp³-hybridized carbons (Fsp3) is 0.125. The first kappa shape index (κ1) is 21.9. The molecule has 11 heteroatoms. The molecular formula is C24H22N10O. The van der Waals surface area contributed by atoms with Crippen molar-refractivity contribution in [1.82, 2.24) is 45.2 Å². The van der Waals surface area contributed by atoms with Crippen LogP contribution in [0.25, 0.3) is 17.2 Å². The Balaban J connectivity index is 1.23. The highest BCUT2D eigenvalue weighted by Crippen LogP contribution is 2.20. The predicted molar refractivity (Wildman–Crippen MR) is 129 cm³/mol. The zero-order valence-corrected chi connectivity index (χ0v) is 19.1. The maximum absolute atomic E-state index is 12.6. The van der Waals surface area contributed by atoms with Gasteiger partial charge in [-0.2, -0.15) is 10.2 Å². The number of aryl methyl sites for hydroxylation is 2. The summed E-state index contributed by atoms with van der Waals surface area (Å²) in [7, 11) is 0. The zero-order chi connectivity index (χ0) is 24.2. The predicted octanol–water partition coefficient (Wildman–Crippen LogP) is 3.13. The topological polar surface area (TPSA) is 139 Å². The molecule has 5 aromatic rings. The largest absolute Gasteiger partial charge is 0.347 e. The zero-order valence-electron chi connectivity index (χ0n) is 19.1. The van der Waals surface area contributed by atoms with Crippen LogP contribution in [0.1, 0.15) is 27.4 Å². The van der Waals surface area contributed by atoms with E-state index >= 15 is 0 Å². The van der Waals surface area contributed by atoms with E-state index in [4.69, 9.17) is 0 Å².